The van der Waals surface area contributed by atoms with Crippen LogP contribution in [-0.2, 0) is 6.54 Å². The molecule has 1 N–H and O–H groups in total. The first-order valence-electron chi connectivity index (χ1n) is 7.59. The molecule has 9 heteroatoms. The van der Waals surface area contributed by atoms with Crippen LogP contribution in [0.25, 0.3) is 11.4 Å². The topological polar surface area (TPSA) is 87.9 Å². The largest absolute Gasteiger partial charge is 0.326 e. The number of nitrogens with one attached hydrogen (secondary N) is 1. The fourth-order valence-electron chi connectivity index (χ4n) is 3.09. The van der Waals surface area contributed by atoms with E-state index in [1.54, 1.807) is 0 Å². The minimum Gasteiger partial charge on any atom is -0.326 e. The third-order valence-electron chi connectivity index (χ3n) is 4.14. The molecule has 1 aromatic carbocycles. The zero-order valence-electron chi connectivity index (χ0n) is 13.2. The molecule has 0 amide bonds. The number of nitrogens with zero attached hydrogens (tertiary/aromatic N) is 7. The van der Waals surface area contributed by atoms with E-state index >= 15 is 0 Å². The summed E-state index contributed by atoms with van der Waals surface area (Å²) in [6.45, 7) is 7.46. The van der Waals surface area contributed by atoms with Crippen molar-refractivity contribution in [2.45, 2.75) is 24.8 Å². The summed E-state index contributed by atoms with van der Waals surface area (Å²) in [6, 6.07) is 6.17. The lowest BCUT2D eigenvalue weighted by molar-refractivity contribution is 0.542. The van der Waals surface area contributed by atoms with Crippen LogP contribution in [0.2, 0.25) is 0 Å². The maximum atomic E-state index is 4.39. The summed E-state index contributed by atoms with van der Waals surface area (Å²) in [4.78, 5) is 3.28. The van der Waals surface area contributed by atoms with Crippen molar-refractivity contribution >= 4 is 30.2 Å². The molecule has 0 saturated heterocycles. The quantitative estimate of drug-likeness (QED) is 0.580. The van der Waals surface area contributed by atoms with E-state index in [0.717, 1.165) is 47.0 Å². The lowest BCUT2D eigenvalue weighted by Gasteiger charge is -2.31. The molecule has 3 heterocycles. The number of benzene rings is 1. The maximum absolute atomic E-state index is 4.39. The Balaban J connectivity index is 1.91. The molecule has 122 valence electrons. The number of aryl methyl sites for hydroxylation is 1. The van der Waals surface area contributed by atoms with E-state index in [9.17, 15) is 0 Å². The summed E-state index contributed by atoms with van der Waals surface area (Å²) in [5.41, 5.74) is 3.05. The average molecular weight is 340 g/mol. The molecule has 0 saturated carbocycles. The molecule has 0 unspecified atom stereocenters. The van der Waals surface area contributed by atoms with Gasteiger partial charge in [0.05, 0.1) is 17.4 Å². The number of aromatic amines is 1. The van der Waals surface area contributed by atoms with Gasteiger partial charge in [0, 0.05) is 36.0 Å². The van der Waals surface area contributed by atoms with Crippen molar-refractivity contribution in [3.05, 3.63) is 30.0 Å². The van der Waals surface area contributed by atoms with E-state index < -0.39 is 0 Å². The van der Waals surface area contributed by atoms with Crippen LogP contribution in [0.4, 0.5) is 11.5 Å². The van der Waals surface area contributed by atoms with E-state index in [0.29, 0.717) is 5.82 Å². The van der Waals surface area contributed by atoms with Gasteiger partial charge >= 0.3 is 0 Å². The van der Waals surface area contributed by atoms with Crippen LogP contribution in [0.1, 0.15) is 12.0 Å². The molecular formula is C15H16N8S. The van der Waals surface area contributed by atoms with Gasteiger partial charge in [-0.2, -0.15) is 10.3 Å². The molecule has 0 radical (unpaired) electrons. The zero-order valence-corrected chi connectivity index (χ0v) is 14.0. The minimum atomic E-state index is 0.575. The Bertz CT molecular complexity index is 870. The number of rotatable bonds is 4. The lowest BCUT2D eigenvalue weighted by atomic mass is 10.0. The third kappa shape index (κ3) is 2.37. The highest BCUT2D eigenvalue weighted by molar-refractivity contribution is 7.98. The summed E-state index contributed by atoms with van der Waals surface area (Å²) >= 11 is 1.35. The molecule has 1 aliphatic heterocycles. The van der Waals surface area contributed by atoms with Crippen molar-refractivity contribution in [1.82, 2.24) is 30.4 Å². The SMILES string of the molecule is C=NSc1ccc(N2CCCn3nccc32)c(-c2nn[nH]n2)c1C. The van der Waals surface area contributed by atoms with E-state index in [4.69, 9.17) is 0 Å². The smallest absolute Gasteiger partial charge is 0.207 e. The first-order valence-corrected chi connectivity index (χ1v) is 8.36. The Kier molecular flexibility index (Phi) is 3.77. The monoisotopic (exact) mass is 340 g/mol. The van der Waals surface area contributed by atoms with Crippen LogP contribution in [0.3, 0.4) is 0 Å². The Hall–Kier alpha value is -2.68. The number of aromatic nitrogens is 6. The lowest BCUT2D eigenvalue weighted by Crippen LogP contribution is -2.28. The van der Waals surface area contributed by atoms with Crippen LogP contribution in [0.15, 0.2) is 33.7 Å². The molecule has 2 aromatic heterocycles. The van der Waals surface area contributed by atoms with Gasteiger partial charge in [0.15, 0.2) is 0 Å². The molecule has 8 nitrogen and oxygen atoms in total. The standard InChI is InChI=1S/C15H16N8S/c1-10-12(24-16-2)5-4-11(14(10)15-18-20-21-19-15)22-8-3-9-23-13(22)6-7-17-23/h4-7H,2-3,8-9H2,1H3,(H,18,19,20,21). The van der Waals surface area contributed by atoms with Gasteiger partial charge in [-0.1, -0.05) is 0 Å². The first kappa shape index (κ1) is 14.9. The molecule has 3 aromatic rings. The number of tetrazole rings is 1. The second-order valence-corrected chi connectivity index (χ2v) is 6.34. The number of anilines is 2. The Labute approximate surface area is 143 Å². The summed E-state index contributed by atoms with van der Waals surface area (Å²) in [7, 11) is 0. The maximum Gasteiger partial charge on any atom is 0.207 e. The van der Waals surface area contributed by atoms with Gasteiger partial charge in [-0.25, -0.2) is 9.08 Å². The van der Waals surface area contributed by atoms with Crippen molar-refractivity contribution in [3.63, 3.8) is 0 Å². The van der Waals surface area contributed by atoms with E-state index in [2.05, 4.69) is 53.9 Å². The second-order valence-electron chi connectivity index (χ2n) is 5.46. The fraction of sp³-hybridized carbons (Fsp3) is 0.267. The summed E-state index contributed by atoms with van der Waals surface area (Å²) in [6.07, 6.45) is 2.87. The summed E-state index contributed by atoms with van der Waals surface area (Å²) in [5.74, 6) is 1.65. The van der Waals surface area contributed by atoms with Crippen molar-refractivity contribution in [1.29, 1.82) is 0 Å². The molecular weight excluding hydrogens is 324 g/mol. The molecule has 0 bridgehead atoms. The number of hydrogen-bond acceptors (Lipinski definition) is 7. The molecule has 24 heavy (non-hydrogen) atoms. The first-order chi connectivity index (χ1) is 11.8. The van der Waals surface area contributed by atoms with Gasteiger partial charge < -0.3 is 4.90 Å². The predicted octanol–water partition coefficient (Wildman–Crippen LogP) is 2.62. The van der Waals surface area contributed by atoms with Crippen LogP contribution < -0.4 is 4.90 Å². The Morgan fingerprint density at radius 2 is 2.21 bits per heavy atom. The minimum absolute atomic E-state index is 0.575. The molecule has 0 spiro atoms. The van der Waals surface area contributed by atoms with Crippen LogP contribution in [0.5, 0.6) is 0 Å². The molecule has 4 rings (SSSR count). The van der Waals surface area contributed by atoms with Gasteiger partial charge in [-0.3, -0.25) is 0 Å². The van der Waals surface area contributed by atoms with Crippen molar-refractivity contribution < 1.29 is 0 Å². The highest BCUT2D eigenvalue weighted by Gasteiger charge is 2.25. The molecule has 1 aliphatic rings. The van der Waals surface area contributed by atoms with Crippen LogP contribution >= 0.6 is 11.9 Å². The van der Waals surface area contributed by atoms with E-state index in [1.807, 2.05) is 23.9 Å². The van der Waals surface area contributed by atoms with E-state index in [1.165, 1.54) is 11.9 Å². The Morgan fingerprint density at radius 1 is 1.29 bits per heavy atom. The van der Waals surface area contributed by atoms with Gasteiger partial charge in [0.1, 0.15) is 5.82 Å². The summed E-state index contributed by atoms with van der Waals surface area (Å²) in [5, 5.41) is 19.0. The van der Waals surface area contributed by atoms with Crippen LogP contribution in [0, 0.1) is 6.92 Å². The van der Waals surface area contributed by atoms with Crippen LogP contribution in [-0.4, -0.2) is 43.7 Å². The average Bonchev–Trinajstić information content (AvgIpc) is 3.27. The highest BCUT2D eigenvalue weighted by Crippen LogP contribution is 2.40. The van der Waals surface area contributed by atoms with Gasteiger partial charge in [-0.15, -0.1) is 10.2 Å². The van der Waals surface area contributed by atoms with Crippen molar-refractivity contribution in [3.8, 4) is 11.4 Å². The van der Waals surface area contributed by atoms with Crippen molar-refractivity contribution in [2.75, 3.05) is 11.4 Å². The van der Waals surface area contributed by atoms with Gasteiger partial charge in [-0.05, 0) is 43.0 Å². The Morgan fingerprint density at radius 3 is 3.00 bits per heavy atom. The van der Waals surface area contributed by atoms with Gasteiger partial charge in [0.25, 0.3) is 0 Å². The number of H-pyrrole nitrogens is 1. The third-order valence-corrected chi connectivity index (χ3v) is 4.91. The second kappa shape index (κ2) is 6.08. The predicted molar refractivity (Wildman–Crippen MR) is 93.6 cm³/mol. The molecule has 0 atom stereocenters. The normalized spacial score (nSPS) is 13.8. The fourth-order valence-corrected chi connectivity index (χ4v) is 3.59. The summed E-state index contributed by atoms with van der Waals surface area (Å²) < 4.78 is 5.95. The highest BCUT2D eigenvalue weighted by atomic mass is 32.2. The number of hydrogen-bond donors (Lipinski definition) is 1. The molecule has 0 aliphatic carbocycles. The number of fused-ring (bicyclic) bond motifs is 1. The van der Waals surface area contributed by atoms with Gasteiger partial charge in [0.2, 0.25) is 5.82 Å². The van der Waals surface area contributed by atoms with Crippen molar-refractivity contribution in [2.24, 2.45) is 4.40 Å². The molecule has 0 fully saturated rings. The zero-order chi connectivity index (χ0) is 16.5. The van der Waals surface area contributed by atoms with E-state index in [-0.39, 0.29) is 0 Å².